The molecule has 2 aliphatic carbocycles. The van der Waals surface area contributed by atoms with Crippen LogP contribution in [0.4, 0.5) is 13.2 Å². The molecule has 2 heterocycles. The van der Waals surface area contributed by atoms with E-state index in [1.165, 1.54) is 50.3 Å². The maximum Gasteiger partial charge on any atom is 0.430 e. The number of piperidine rings is 1. The Hall–Kier alpha value is -3.40. The first-order valence-corrected chi connectivity index (χ1v) is 16.2. The molecule has 10 heteroatoms. The Labute approximate surface area is 262 Å². The lowest BCUT2D eigenvalue weighted by molar-refractivity contribution is -0.640. The molecule has 1 amide bonds. The van der Waals surface area contributed by atoms with E-state index in [1.54, 1.807) is 0 Å². The van der Waals surface area contributed by atoms with E-state index in [-0.39, 0.29) is 17.3 Å². The van der Waals surface area contributed by atoms with Crippen molar-refractivity contribution in [3.8, 4) is 0 Å². The summed E-state index contributed by atoms with van der Waals surface area (Å²) < 4.78 is 36.7. The minimum Gasteiger partial charge on any atom is -0.542 e. The largest absolute Gasteiger partial charge is 0.542 e. The number of hydrogen-bond acceptors (Lipinski definition) is 5. The van der Waals surface area contributed by atoms with Crippen molar-refractivity contribution in [2.75, 3.05) is 26.7 Å². The van der Waals surface area contributed by atoms with Crippen LogP contribution >= 0.6 is 0 Å². The van der Waals surface area contributed by atoms with Crippen LogP contribution in [0, 0.1) is 11.8 Å². The molecule has 2 aliphatic heterocycles. The number of benzene rings is 2. The number of rotatable bonds is 4. The number of fused-ring (bicyclic) bond motifs is 2. The summed E-state index contributed by atoms with van der Waals surface area (Å²) in [6, 6.07) is 17.4. The number of esters is 1. The molecule has 244 valence electrons. The number of alkyl halides is 3. The minimum absolute atomic E-state index is 0.0335. The van der Waals surface area contributed by atoms with Crippen molar-refractivity contribution in [1.29, 1.82) is 0 Å². The number of quaternary nitrogens is 1. The second kappa shape index (κ2) is 13.9. The van der Waals surface area contributed by atoms with Gasteiger partial charge in [0.05, 0.1) is 31.2 Å². The second-order valence-corrected chi connectivity index (χ2v) is 13.0. The molecule has 3 fully saturated rings. The number of halogens is 3. The molecule has 6 rings (SSSR count). The summed E-state index contributed by atoms with van der Waals surface area (Å²) in [7, 11) is 1.46. The molecule has 0 radical (unpaired) electrons. The van der Waals surface area contributed by atoms with Crippen molar-refractivity contribution in [2.24, 2.45) is 11.8 Å². The third-order valence-electron chi connectivity index (χ3n) is 10.7. The molecule has 2 aromatic rings. The quantitative estimate of drug-likeness (QED) is 0.518. The highest BCUT2D eigenvalue weighted by atomic mass is 19.4. The molecular weight excluding hydrogens is 585 g/mol. The van der Waals surface area contributed by atoms with Gasteiger partial charge in [-0.15, -0.1) is 0 Å². The maximum absolute atomic E-state index is 14.7. The summed E-state index contributed by atoms with van der Waals surface area (Å²) in [5.41, 5.74) is 4.27. The minimum atomic E-state index is -5.19. The van der Waals surface area contributed by atoms with Gasteiger partial charge in [0.25, 0.3) is 0 Å². The third kappa shape index (κ3) is 6.90. The van der Waals surface area contributed by atoms with E-state index in [4.69, 9.17) is 14.6 Å². The Bertz CT molecular complexity index is 1360. The van der Waals surface area contributed by atoms with Crippen LogP contribution in [-0.4, -0.2) is 61.7 Å². The van der Waals surface area contributed by atoms with Crippen LogP contribution in [0.2, 0.25) is 0 Å². The molecule has 45 heavy (non-hydrogen) atoms. The number of carbonyl (C=O) groups excluding carboxylic acids is 3. The number of nitrogens with two attached hydrogens (primary N) is 1. The number of hydrogen-bond donors (Lipinski definition) is 1. The van der Waals surface area contributed by atoms with E-state index in [0.29, 0.717) is 29.3 Å². The predicted molar refractivity (Wildman–Crippen MR) is 159 cm³/mol. The van der Waals surface area contributed by atoms with Gasteiger partial charge in [0.1, 0.15) is 11.9 Å². The van der Waals surface area contributed by atoms with Gasteiger partial charge in [0.2, 0.25) is 5.91 Å². The highest BCUT2D eigenvalue weighted by Gasteiger charge is 2.55. The molecule has 7 nitrogen and oxygen atoms in total. The van der Waals surface area contributed by atoms with Gasteiger partial charge in [-0.2, -0.15) is 13.2 Å². The standard InChI is InChI=1S/C33H42N2O3.C2HF3O2/c1-38-32(37)27-14-8-16-28-26(27)15-9-18-33(28)22-34-21-29(33)31(36)35-19-17-25(23-10-4-2-5-11-23)20-30(35)24-12-6-3-7-13-24;3-2(4,5)1(6)7/h2,4-5,8,10-11,14,16,24-25,29-30,34H,3,6-7,9,12-13,15,17-22H2,1H3;(H,6,7)/t25-,29+,30+,33+;/m1./s1. The van der Waals surface area contributed by atoms with Crippen LogP contribution in [0.5, 0.6) is 0 Å². The number of amides is 1. The Morgan fingerprint density at radius 1 is 0.978 bits per heavy atom. The monoisotopic (exact) mass is 628 g/mol. The van der Waals surface area contributed by atoms with Crippen LogP contribution in [-0.2, 0) is 26.2 Å². The van der Waals surface area contributed by atoms with E-state index in [2.05, 4.69) is 46.6 Å². The van der Waals surface area contributed by atoms with Crippen LogP contribution < -0.4 is 10.4 Å². The van der Waals surface area contributed by atoms with Gasteiger partial charge in [-0.25, -0.2) is 4.79 Å². The number of carboxylic acid groups (broad SMARTS) is 1. The zero-order valence-corrected chi connectivity index (χ0v) is 25.8. The average Bonchev–Trinajstić information content (AvgIpc) is 3.48. The normalized spacial score (nSPS) is 26.8. The first kappa shape index (κ1) is 33.0. The molecule has 0 aromatic heterocycles. The predicted octanol–water partition coefficient (Wildman–Crippen LogP) is 3.89. The van der Waals surface area contributed by atoms with E-state index in [0.717, 1.165) is 57.3 Å². The van der Waals surface area contributed by atoms with Crippen LogP contribution in [0.1, 0.15) is 90.8 Å². The molecule has 1 spiro atoms. The van der Waals surface area contributed by atoms with Gasteiger partial charge in [0, 0.05) is 12.6 Å². The fourth-order valence-corrected chi connectivity index (χ4v) is 8.59. The molecule has 2 aromatic carbocycles. The van der Waals surface area contributed by atoms with Crippen molar-refractivity contribution in [2.45, 2.75) is 87.8 Å². The summed E-state index contributed by atoms with van der Waals surface area (Å²) in [6.45, 7) is 2.63. The number of aliphatic carboxylic acids is 1. The fourth-order valence-electron chi connectivity index (χ4n) is 8.59. The van der Waals surface area contributed by atoms with Crippen molar-refractivity contribution in [3.63, 3.8) is 0 Å². The third-order valence-corrected chi connectivity index (χ3v) is 10.7. The van der Waals surface area contributed by atoms with Gasteiger partial charge < -0.3 is 24.9 Å². The van der Waals surface area contributed by atoms with E-state index >= 15 is 0 Å². The van der Waals surface area contributed by atoms with Crippen molar-refractivity contribution < 1.29 is 42.7 Å². The van der Waals surface area contributed by atoms with E-state index in [1.807, 2.05) is 12.1 Å². The van der Waals surface area contributed by atoms with Crippen molar-refractivity contribution >= 4 is 17.8 Å². The number of ether oxygens (including phenoxy) is 1. The Morgan fingerprint density at radius 3 is 2.36 bits per heavy atom. The van der Waals surface area contributed by atoms with Gasteiger partial charge in [-0.1, -0.05) is 61.7 Å². The van der Waals surface area contributed by atoms with Gasteiger partial charge in [-0.05, 0) is 79.5 Å². The Morgan fingerprint density at radius 2 is 1.69 bits per heavy atom. The first-order valence-electron chi connectivity index (χ1n) is 16.2. The molecule has 0 unspecified atom stereocenters. The zero-order chi connectivity index (χ0) is 32.2. The molecular formula is C35H43F3N2O5. The van der Waals surface area contributed by atoms with Crippen molar-refractivity contribution in [3.05, 3.63) is 70.8 Å². The number of carbonyl (C=O) groups is 3. The highest BCUT2D eigenvalue weighted by molar-refractivity contribution is 5.92. The molecule has 4 atom stereocenters. The number of carboxylic acids is 1. The van der Waals surface area contributed by atoms with Gasteiger partial charge >= 0.3 is 12.1 Å². The molecule has 4 aliphatic rings. The lowest BCUT2D eigenvalue weighted by Gasteiger charge is -2.47. The van der Waals surface area contributed by atoms with E-state index in [9.17, 15) is 22.8 Å². The topological polar surface area (TPSA) is 103 Å². The van der Waals surface area contributed by atoms with E-state index < -0.39 is 12.1 Å². The molecule has 0 bridgehead atoms. The van der Waals surface area contributed by atoms with Gasteiger partial charge in [0.15, 0.2) is 0 Å². The smallest absolute Gasteiger partial charge is 0.430 e. The van der Waals surface area contributed by atoms with Crippen molar-refractivity contribution in [1.82, 2.24) is 4.90 Å². The number of likely N-dealkylation sites (tertiary alicyclic amines) is 1. The van der Waals surface area contributed by atoms with Crippen LogP contribution in [0.15, 0.2) is 48.5 Å². The SMILES string of the molecule is COC(=O)c1cccc2c1CCC[C@]21C[NH2+]C[C@H]1C(=O)N1CC[C@@H](c2ccccc2)C[C@H]1C1CCCCC1.O=C([O-])C(F)(F)F. The molecule has 1 saturated carbocycles. The van der Waals surface area contributed by atoms with Gasteiger partial charge in [-0.3, -0.25) is 4.79 Å². The molecule has 2 N–H and O–H groups in total. The van der Waals surface area contributed by atoms with Crippen LogP contribution in [0.3, 0.4) is 0 Å². The number of methoxy groups -OCH3 is 1. The Balaban J connectivity index is 0.000000515. The Kier molecular flexibility index (Phi) is 10.2. The first-order chi connectivity index (χ1) is 21.6. The second-order valence-electron chi connectivity index (χ2n) is 13.0. The zero-order valence-electron chi connectivity index (χ0n) is 25.8. The lowest BCUT2D eigenvalue weighted by atomic mass is 9.63. The highest BCUT2D eigenvalue weighted by Crippen LogP contribution is 2.47. The molecule has 2 saturated heterocycles. The maximum atomic E-state index is 14.7. The lowest BCUT2D eigenvalue weighted by Crippen LogP contribution is -2.82. The number of nitrogens with zero attached hydrogens (tertiary/aromatic N) is 1. The summed E-state index contributed by atoms with van der Waals surface area (Å²) >= 11 is 0. The average molecular weight is 629 g/mol. The summed E-state index contributed by atoms with van der Waals surface area (Å²) in [6.07, 6.45) is 6.29. The summed E-state index contributed by atoms with van der Waals surface area (Å²) in [4.78, 5) is 38.4. The summed E-state index contributed by atoms with van der Waals surface area (Å²) in [5.74, 6) is -1.78. The summed E-state index contributed by atoms with van der Waals surface area (Å²) in [5, 5.41) is 11.1. The van der Waals surface area contributed by atoms with Crippen LogP contribution in [0.25, 0.3) is 0 Å². The fraction of sp³-hybridized carbons (Fsp3) is 0.571.